The Morgan fingerprint density at radius 1 is 0.724 bits per heavy atom. The normalized spacial score (nSPS) is 13.1. The van der Waals surface area contributed by atoms with E-state index in [2.05, 4.69) is 6.92 Å². The van der Waals surface area contributed by atoms with E-state index in [1.54, 1.807) is 0 Å². The number of unbranched alkanes of at least 4 members (excludes halogenated alkanes) is 13. The monoisotopic (exact) mass is 458 g/mol. The van der Waals surface area contributed by atoms with E-state index in [0.29, 0.717) is 5.75 Å². The third kappa shape index (κ3) is 33.1. The lowest BCUT2D eigenvalue weighted by Gasteiger charge is -2.20. The minimum Gasteiger partial charge on any atom is -0.396 e. The number of hydrogen-bond acceptors (Lipinski definition) is 3. The fourth-order valence-corrected chi connectivity index (χ4v) is 4.64. The molecule has 1 atom stereocenters. The fraction of sp³-hybridized carbons (Fsp3) is 1.00. The molecule has 0 radical (unpaired) electrons. The van der Waals surface area contributed by atoms with Crippen molar-refractivity contribution in [1.82, 2.24) is 0 Å². The SMILES string of the molecule is CCCCCCCCCCCCCCCCS(=O)CC(C)(C)CO.O=P(O)(O)O. The van der Waals surface area contributed by atoms with Crippen LogP contribution in [0.3, 0.4) is 0 Å². The van der Waals surface area contributed by atoms with Gasteiger partial charge in [-0.2, -0.15) is 0 Å². The number of phosphoric acid groups is 1. The Bertz CT molecular complexity index is 417. The van der Waals surface area contributed by atoms with Crippen LogP contribution in [-0.2, 0) is 15.4 Å². The summed E-state index contributed by atoms with van der Waals surface area (Å²) in [5.41, 5.74) is -0.194. The highest BCUT2D eigenvalue weighted by Crippen LogP contribution is 2.25. The molecule has 8 heteroatoms. The Labute approximate surface area is 181 Å². The lowest BCUT2D eigenvalue weighted by molar-refractivity contribution is 0.180. The van der Waals surface area contributed by atoms with Crippen molar-refractivity contribution < 1.29 is 28.6 Å². The number of hydrogen-bond donors (Lipinski definition) is 4. The van der Waals surface area contributed by atoms with Crippen LogP contribution in [0, 0.1) is 5.41 Å². The summed E-state index contributed by atoms with van der Waals surface area (Å²) in [4.78, 5) is 21.6. The molecule has 0 rings (SSSR count). The van der Waals surface area contributed by atoms with Crippen LogP contribution in [0.15, 0.2) is 0 Å². The topological polar surface area (TPSA) is 115 Å². The lowest BCUT2D eigenvalue weighted by Crippen LogP contribution is -2.25. The van der Waals surface area contributed by atoms with Crippen LogP contribution in [0.2, 0.25) is 0 Å². The highest BCUT2D eigenvalue weighted by molar-refractivity contribution is 7.85. The van der Waals surface area contributed by atoms with Crippen molar-refractivity contribution in [2.75, 3.05) is 18.1 Å². The van der Waals surface area contributed by atoms with Gasteiger partial charge in [-0.05, 0) is 11.8 Å². The van der Waals surface area contributed by atoms with Crippen LogP contribution < -0.4 is 0 Å². The van der Waals surface area contributed by atoms with Crippen LogP contribution in [0.5, 0.6) is 0 Å². The van der Waals surface area contributed by atoms with Gasteiger partial charge in [-0.1, -0.05) is 104 Å². The van der Waals surface area contributed by atoms with Gasteiger partial charge in [0.2, 0.25) is 0 Å². The van der Waals surface area contributed by atoms with Crippen molar-refractivity contribution in [2.24, 2.45) is 5.41 Å². The van der Waals surface area contributed by atoms with E-state index in [0.717, 1.165) is 12.2 Å². The summed E-state index contributed by atoms with van der Waals surface area (Å²) in [5, 5.41) is 9.20. The molecule has 0 aromatic heterocycles. The zero-order valence-corrected chi connectivity index (χ0v) is 20.7. The predicted octanol–water partition coefficient (Wildman–Crippen LogP) is 5.31. The fourth-order valence-electron chi connectivity index (χ4n) is 3.01. The average Bonchev–Trinajstić information content (AvgIpc) is 2.60. The zero-order valence-electron chi connectivity index (χ0n) is 19.0. The molecule has 0 heterocycles. The molecule has 0 aliphatic heterocycles. The maximum atomic E-state index is 11.9. The van der Waals surface area contributed by atoms with Crippen molar-refractivity contribution in [2.45, 2.75) is 111 Å². The number of aliphatic hydroxyl groups is 1. The van der Waals surface area contributed by atoms with Crippen LogP contribution in [0.25, 0.3) is 0 Å². The highest BCUT2D eigenvalue weighted by Gasteiger charge is 2.19. The molecular formula is C21H47O6PS. The summed E-state index contributed by atoms with van der Waals surface area (Å²) in [6.07, 6.45) is 19.0. The van der Waals surface area contributed by atoms with E-state index in [4.69, 9.17) is 19.2 Å². The van der Waals surface area contributed by atoms with Crippen molar-refractivity contribution in [3.63, 3.8) is 0 Å². The van der Waals surface area contributed by atoms with E-state index < -0.39 is 18.6 Å². The van der Waals surface area contributed by atoms with Crippen molar-refractivity contribution in [3.8, 4) is 0 Å². The van der Waals surface area contributed by atoms with Crippen molar-refractivity contribution >= 4 is 18.6 Å². The molecule has 178 valence electrons. The molecule has 0 saturated carbocycles. The first-order chi connectivity index (χ1) is 13.5. The second-order valence-corrected chi connectivity index (χ2v) is 11.3. The Hall–Kier alpha value is 0.220. The Balaban J connectivity index is 0. The van der Waals surface area contributed by atoms with E-state index >= 15 is 0 Å². The molecule has 0 aliphatic rings. The third-order valence-electron chi connectivity index (χ3n) is 4.71. The molecular weight excluding hydrogens is 411 g/mol. The Morgan fingerprint density at radius 3 is 1.34 bits per heavy atom. The predicted molar refractivity (Wildman–Crippen MR) is 123 cm³/mol. The maximum Gasteiger partial charge on any atom is 0.466 e. The Kier molecular flexibility index (Phi) is 21.8. The first-order valence-corrected chi connectivity index (χ1v) is 14.3. The van der Waals surface area contributed by atoms with Crippen LogP contribution >= 0.6 is 7.82 Å². The smallest absolute Gasteiger partial charge is 0.396 e. The minimum absolute atomic E-state index is 0.123. The maximum absolute atomic E-state index is 11.9. The number of aliphatic hydroxyl groups excluding tert-OH is 1. The standard InChI is InChI=1S/C21H44O2S.H3O4P/c1-4-5-6-7-8-9-10-11-12-13-14-15-16-17-18-24(23)20-21(2,3)19-22;1-5(2,3)4/h22H,4-20H2,1-3H3;(H3,1,2,3,4). The Morgan fingerprint density at radius 2 is 1.03 bits per heavy atom. The third-order valence-corrected chi connectivity index (χ3v) is 6.55. The summed E-state index contributed by atoms with van der Waals surface area (Å²) >= 11 is 0. The molecule has 0 aromatic carbocycles. The van der Waals surface area contributed by atoms with E-state index in [9.17, 15) is 9.32 Å². The van der Waals surface area contributed by atoms with Gasteiger partial charge in [0.05, 0.1) is 0 Å². The van der Waals surface area contributed by atoms with E-state index in [1.807, 2.05) is 13.8 Å². The van der Waals surface area contributed by atoms with Gasteiger partial charge in [0, 0.05) is 28.9 Å². The first-order valence-electron chi connectivity index (χ1n) is 11.3. The second kappa shape index (κ2) is 20.1. The molecule has 29 heavy (non-hydrogen) atoms. The van der Waals surface area contributed by atoms with Gasteiger partial charge >= 0.3 is 7.82 Å². The van der Waals surface area contributed by atoms with E-state index in [1.165, 1.54) is 83.5 Å². The molecule has 6 nitrogen and oxygen atoms in total. The van der Waals surface area contributed by atoms with E-state index in [-0.39, 0.29) is 12.0 Å². The van der Waals surface area contributed by atoms with Gasteiger partial charge in [-0.3, -0.25) is 4.21 Å². The van der Waals surface area contributed by atoms with Gasteiger partial charge < -0.3 is 19.8 Å². The number of rotatable bonds is 18. The largest absolute Gasteiger partial charge is 0.466 e. The van der Waals surface area contributed by atoms with Gasteiger partial charge in [-0.15, -0.1) is 0 Å². The molecule has 0 fully saturated rings. The van der Waals surface area contributed by atoms with Gasteiger partial charge in [0.1, 0.15) is 0 Å². The molecule has 0 saturated heterocycles. The highest BCUT2D eigenvalue weighted by atomic mass is 32.2. The summed E-state index contributed by atoms with van der Waals surface area (Å²) in [7, 11) is -5.40. The van der Waals surface area contributed by atoms with Gasteiger partial charge in [-0.25, -0.2) is 4.57 Å². The van der Waals surface area contributed by atoms with Gasteiger partial charge in [0.25, 0.3) is 0 Å². The molecule has 0 aliphatic carbocycles. The second-order valence-electron chi connectivity index (χ2n) is 8.72. The van der Waals surface area contributed by atoms with Crippen LogP contribution in [0.1, 0.15) is 111 Å². The molecule has 1 unspecified atom stereocenters. The summed E-state index contributed by atoms with van der Waals surface area (Å²) < 4.78 is 20.8. The van der Waals surface area contributed by atoms with Crippen molar-refractivity contribution in [3.05, 3.63) is 0 Å². The summed E-state index contributed by atoms with van der Waals surface area (Å²) in [5.74, 6) is 1.43. The quantitative estimate of drug-likeness (QED) is 0.163. The molecule has 0 bridgehead atoms. The first kappa shape index (κ1) is 31.4. The average molecular weight is 459 g/mol. The molecule has 0 aromatic rings. The van der Waals surface area contributed by atoms with Gasteiger partial charge in [0.15, 0.2) is 0 Å². The molecule has 4 N–H and O–H groups in total. The molecule has 0 amide bonds. The summed E-state index contributed by atoms with van der Waals surface area (Å²) in [6, 6.07) is 0. The minimum atomic E-state index is -4.64. The summed E-state index contributed by atoms with van der Waals surface area (Å²) in [6.45, 7) is 6.36. The van der Waals surface area contributed by atoms with Crippen molar-refractivity contribution in [1.29, 1.82) is 0 Å². The lowest BCUT2D eigenvalue weighted by atomic mass is 9.98. The van der Waals surface area contributed by atoms with Crippen LogP contribution in [0.4, 0.5) is 0 Å². The molecule has 0 spiro atoms. The van der Waals surface area contributed by atoms with Crippen LogP contribution in [-0.4, -0.2) is 42.1 Å². The zero-order chi connectivity index (χ0) is 22.6.